The molecule has 15 heteroatoms. The lowest BCUT2D eigenvalue weighted by Crippen LogP contribution is -2.45. The van der Waals surface area contributed by atoms with Crippen LogP contribution in [0.25, 0.3) is 0 Å². The summed E-state index contributed by atoms with van der Waals surface area (Å²) in [5.41, 5.74) is 4.51. The second kappa shape index (κ2) is 29.2. The zero-order chi connectivity index (χ0) is 46.8. The Labute approximate surface area is 395 Å². The molecule has 0 radical (unpaired) electrons. The van der Waals surface area contributed by atoms with Crippen LogP contribution in [0.5, 0.6) is 11.5 Å². The Kier molecular flexibility index (Phi) is 22.8. The Bertz CT molecular complexity index is 2070. The van der Waals surface area contributed by atoms with Gasteiger partial charge >= 0.3 is 0 Å². The third-order valence-corrected chi connectivity index (χ3v) is 11.2. The molecule has 1 saturated carbocycles. The van der Waals surface area contributed by atoms with E-state index in [2.05, 4.69) is 46.1 Å². The quantitative estimate of drug-likeness (QED) is 0.0355. The molecule has 0 spiro atoms. The number of ether oxygens (including phenoxy) is 5. The topological polar surface area (TPSA) is 142 Å². The molecule has 0 bridgehead atoms. The highest BCUT2D eigenvalue weighted by molar-refractivity contribution is 6.30. The number of rotatable bonds is 34. The Balaban J connectivity index is 0.878. The second-order valence-corrected chi connectivity index (χ2v) is 16.5. The largest absolute Gasteiger partial charge is 0.494 e. The van der Waals surface area contributed by atoms with Gasteiger partial charge in [-0.1, -0.05) is 72.5 Å². The highest BCUT2D eigenvalue weighted by Crippen LogP contribution is 2.36. The maximum absolute atomic E-state index is 13.9. The first-order chi connectivity index (χ1) is 32.3. The van der Waals surface area contributed by atoms with Gasteiger partial charge in [0.1, 0.15) is 24.1 Å². The molecule has 356 valence electrons. The summed E-state index contributed by atoms with van der Waals surface area (Å²) >= 11 is 6.19. The Morgan fingerprint density at radius 1 is 0.833 bits per heavy atom. The summed E-state index contributed by atoms with van der Waals surface area (Å²) in [5, 5.41) is 15.1. The van der Waals surface area contributed by atoms with Gasteiger partial charge in [0.2, 0.25) is 11.8 Å². The third kappa shape index (κ3) is 18.8. The molecule has 1 unspecified atom stereocenters. The lowest BCUT2D eigenvalue weighted by Gasteiger charge is -2.32. The molecule has 66 heavy (non-hydrogen) atoms. The van der Waals surface area contributed by atoms with Gasteiger partial charge in [-0.25, -0.2) is 4.68 Å². The van der Waals surface area contributed by atoms with Crippen LogP contribution >= 0.6 is 11.6 Å². The van der Waals surface area contributed by atoms with E-state index in [0.717, 1.165) is 78.4 Å². The van der Waals surface area contributed by atoms with Crippen molar-refractivity contribution < 1.29 is 33.3 Å². The molecule has 1 aliphatic rings. The van der Waals surface area contributed by atoms with Gasteiger partial charge in [0.15, 0.2) is 0 Å². The molecule has 0 aliphatic heterocycles. The van der Waals surface area contributed by atoms with Gasteiger partial charge in [-0.2, -0.15) is 0 Å². The van der Waals surface area contributed by atoms with Crippen molar-refractivity contribution in [3.63, 3.8) is 0 Å². The van der Waals surface area contributed by atoms with Gasteiger partial charge in [-0.15, -0.1) is 5.10 Å². The van der Waals surface area contributed by atoms with Gasteiger partial charge in [0.05, 0.1) is 58.5 Å². The number of hydrogen-bond acceptors (Lipinski definition) is 11. The maximum Gasteiger partial charge on any atom is 0.247 e. The summed E-state index contributed by atoms with van der Waals surface area (Å²) < 4.78 is 30.7. The molecule has 1 aliphatic carbocycles. The van der Waals surface area contributed by atoms with Gasteiger partial charge < -0.3 is 44.1 Å². The number of hydrogen-bond donors (Lipinski definition) is 2. The number of aromatic nitrogens is 3. The number of carbonyl (C=O) groups excluding carboxylic acids is 2. The van der Waals surface area contributed by atoms with Crippen LogP contribution in [0.2, 0.25) is 5.02 Å². The molecular formula is C51H68ClN7O7. The van der Waals surface area contributed by atoms with Crippen LogP contribution in [-0.4, -0.2) is 129 Å². The zero-order valence-electron chi connectivity index (χ0n) is 38.7. The first-order valence-corrected chi connectivity index (χ1v) is 23.4. The van der Waals surface area contributed by atoms with Crippen LogP contribution in [0.4, 0.5) is 5.69 Å². The molecule has 1 heterocycles. The predicted octanol–water partition coefficient (Wildman–Crippen LogP) is 7.52. The summed E-state index contributed by atoms with van der Waals surface area (Å²) in [6, 6.07) is 22.1. The van der Waals surface area contributed by atoms with E-state index in [1.165, 1.54) is 0 Å². The molecule has 2 N–H and O–H groups in total. The first kappa shape index (κ1) is 51.5. The van der Waals surface area contributed by atoms with E-state index in [4.69, 9.17) is 35.3 Å². The van der Waals surface area contributed by atoms with Crippen LogP contribution in [0.1, 0.15) is 55.0 Å². The second-order valence-electron chi connectivity index (χ2n) is 16.1. The number of benzene rings is 3. The summed E-state index contributed by atoms with van der Waals surface area (Å²) in [5.74, 6) is 1.32. The summed E-state index contributed by atoms with van der Waals surface area (Å²) in [6.45, 7) is 14.7. The molecule has 1 fully saturated rings. The molecule has 1 aromatic heterocycles. The van der Waals surface area contributed by atoms with Crippen molar-refractivity contribution in [2.24, 2.45) is 0 Å². The summed E-state index contributed by atoms with van der Waals surface area (Å²) in [7, 11) is 3.99. The number of amides is 2. The molecular weight excluding hydrogens is 858 g/mol. The highest BCUT2D eigenvalue weighted by atomic mass is 35.5. The van der Waals surface area contributed by atoms with Gasteiger partial charge in [-0.3, -0.25) is 9.59 Å². The molecule has 0 saturated heterocycles. The van der Waals surface area contributed by atoms with Gasteiger partial charge in [0, 0.05) is 55.9 Å². The average molecular weight is 927 g/mol. The van der Waals surface area contributed by atoms with Crippen LogP contribution in [0.3, 0.4) is 0 Å². The fourth-order valence-corrected chi connectivity index (χ4v) is 7.15. The van der Waals surface area contributed by atoms with Crippen LogP contribution in [-0.2, 0) is 43.2 Å². The molecule has 14 nitrogen and oxygen atoms in total. The number of unbranched alkanes of at least 4 members (excludes halogenated alkanes) is 1. The molecule has 5 rings (SSSR count). The number of carbonyl (C=O) groups is 2. The normalized spacial score (nSPS) is 13.0. The highest BCUT2D eigenvalue weighted by Gasteiger charge is 2.41. The lowest BCUT2D eigenvalue weighted by molar-refractivity contribution is -0.141. The van der Waals surface area contributed by atoms with E-state index in [0.29, 0.717) is 77.3 Å². The van der Waals surface area contributed by atoms with Crippen molar-refractivity contribution in [2.45, 2.75) is 63.6 Å². The molecule has 1 atom stereocenters. The van der Waals surface area contributed by atoms with Crippen molar-refractivity contribution in [3.05, 3.63) is 138 Å². The number of nitrogens with one attached hydrogen (secondary N) is 2. The summed E-state index contributed by atoms with van der Waals surface area (Å²) in [6.07, 6.45) is 12.3. The smallest absolute Gasteiger partial charge is 0.247 e. The van der Waals surface area contributed by atoms with Crippen LogP contribution in [0.15, 0.2) is 116 Å². The number of halogens is 1. The molecule has 4 aromatic rings. The van der Waals surface area contributed by atoms with Gasteiger partial charge in [-0.05, 0) is 111 Å². The number of aryl methyl sites for hydroxylation is 1. The number of nitrogens with zero attached hydrogens (tertiary/aromatic N) is 5. The molecule has 2 amide bonds. The van der Waals surface area contributed by atoms with E-state index >= 15 is 0 Å². The van der Waals surface area contributed by atoms with Gasteiger partial charge in [0.25, 0.3) is 0 Å². The Morgan fingerprint density at radius 3 is 2.21 bits per heavy atom. The fourth-order valence-electron chi connectivity index (χ4n) is 7.03. The van der Waals surface area contributed by atoms with E-state index in [-0.39, 0.29) is 30.8 Å². The van der Waals surface area contributed by atoms with Crippen molar-refractivity contribution in [3.8, 4) is 11.5 Å². The minimum Gasteiger partial charge on any atom is -0.494 e. The minimum atomic E-state index is -0.770. The first-order valence-electron chi connectivity index (χ1n) is 23.0. The zero-order valence-corrected chi connectivity index (χ0v) is 39.5. The minimum absolute atomic E-state index is 0.0170. The monoisotopic (exact) mass is 925 g/mol. The van der Waals surface area contributed by atoms with Crippen LogP contribution < -0.4 is 20.1 Å². The fraction of sp³-hybridized carbons (Fsp3) is 0.451. The summed E-state index contributed by atoms with van der Waals surface area (Å²) in [4.78, 5) is 31.6. The molecule has 3 aromatic carbocycles. The van der Waals surface area contributed by atoms with Crippen molar-refractivity contribution in [1.82, 2.24) is 30.1 Å². The number of likely N-dealkylation sites (N-methyl/N-ethyl adjacent to an activating group) is 1. The van der Waals surface area contributed by atoms with Crippen molar-refractivity contribution in [2.75, 3.05) is 91.9 Å². The Hall–Kier alpha value is -5.51. The predicted molar refractivity (Wildman–Crippen MR) is 260 cm³/mol. The van der Waals surface area contributed by atoms with E-state index in [1.54, 1.807) is 39.9 Å². The number of allylic oxidation sites excluding steroid dienone is 2. The SMILES string of the molecule is C=C/C=C(\C=C)CNC(=O)C(c1ccc(Cl)cc1)N(C(=O)CCc1ccc(OCCCCN(C)CCOCCOCCc2cn(CCOCCOc3ccc(NC)cc3)nn2)cc1)C1CC1. The van der Waals surface area contributed by atoms with Crippen LogP contribution in [0, 0.1) is 0 Å². The van der Waals surface area contributed by atoms with Crippen molar-refractivity contribution >= 4 is 29.1 Å². The lowest BCUT2D eigenvalue weighted by atomic mass is 10.0. The van der Waals surface area contributed by atoms with E-state index in [1.807, 2.05) is 73.9 Å². The van der Waals surface area contributed by atoms with Crippen molar-refractivity contribution in [1.29, 1.82) is 0 Å². The number of anilines is 1. The maximum atomic E-state index is 13.9. The van der Waals surface area contributed by atoms with E-state index in [9.17, 15) is 9.59 Å². The average Bonchev–Trinajstić information content (AvgIpc) is 4.07. The standard InChI is InChI=1S/C51H68ClN7O7/c1-5-9-40(6-2)38-54-51(61)50(42-13-15-43(52)16-14-42)59(46-19-20-46)49(60)25-12-41-10-21-47(22-11-41)65-30-8-7-27-57(4)28-32-63-35-34-62-31-26-45-39-58(56-55-45)29-33-64-36-37-66-48-23-17-44(53-3)18-24-48/h5-6,9-11,13-18,21-24,39,46,50,53H,1-2,7-8,12,19-20,25-38H2,3-4H3,(H,54,61)/b40-9+. The third-order valence-electron chi connectivity index (χ3n) is 10.9. The van der Waals surface area contributed by atoms with E-state index < -0.39 is 6.04 Å². The Morgan fingerprint density at radius 2 is 1.52 bits per heavy atom.